The maximum absolute atomic E-state index is 13.4. The van der Waals surface area contributed by atoms with Crippen molar-refractivity contribution in [3.05, 3.63) is 84.1 Å². The number of carboxylic acid groups (broad SMARTS) is 1. The van der Waals surface area contributed by atoms with Crippen LogP contribution in [0.4, 0.5) is 5.69 Å². The molecule has 234 valence electrons. The number of nitrogens with one attached hydrogen (secondary N) is 2. The number of para-hydroxylation sites is 1. The van der Waals surface area contributed by atoms with Crippen molar-refractivity contribution >= 4 is 42.6 Å². The summed E-state index contributed by atoms with van der Waals surface area (Å²) in [5.74, 6) is -1.14. The molecule has 1 aromatic heterocycles. The highest BCUT2D eigenvalue weighted by Crippen LogP contribution is 2.29. The molecule has 12 nitrogen and oxygen atoms in total. The lowest BCUT2D eigenvalue weighted by Gasteiger charge is -2.31. The van der Waals surface area contributed by atoms with Crippen LogP contribution in [0.2, 0.25) is 0 Å². The summed E-state index contributed by atoms with van der Waals surface area (Å²) in [6.07, 6.45) is 1.27. The Morgan fingerprint density at radius 2 is 1.66 bits per heavy atom. The minimum atomic E-state index is -3.75. The molecule has 1 fully saturated rings. The molecule has 0 aliphatic carbocycles. The second-order valence-electron chi connectivity index (χ2n) is 10.9. The van der Waals surface area contributed by atoms with Gasteiger partial charge in [0.25, 0.3) is 0 Å². The number of aromatic nitrogens is 1. The molecule has 2 heterocycles. The largest absolute Gasteiger partial charge is 0.506 e. The van der Waals surface area contributed by atoms with Crippen molar-refractivity contribution < 1.29 is 36.9 Å². The second-order valence-corrected chi connectivity index (χ2v) is 14.6. The first kappa shape index (κ1) is 31.5. The number of phenolic OH excluding ortho intramolecular Hbond substituents is 1. The van der Waals surface area contributed by atoms with Crippen LogP contribution >= 0.6 is 0 Å². The number of hydrogen-bond donors (Lipinski definition) is 5. The van der Waals surface area contributed by atoms with Gasteiger partial charge < -0.3 is 25.2 Å². The number of benzene rings is 3. The van der Waals surface area contributed by atoms with Gasteiger partial charge >= 0.3 is 5.97 Å². The molecule has 0 radical (unpaired) electrons. The van der Waals surface area contributed by atoms with Crippen molar-refractivity contribution in [1.82, 2.24) is 14.2 Å². The lowest BCUT2D eigenvalue weighted by molar-refractivity contribution is 0.0688. The summed E-state index contributed by atoms with van der Waals surface area (Å²) >= 11 is 0. The van der Waals surface area contributed by atoms with Crippen LogP contribution < -0.4 is 10.0 Å². The average molecular weight is 643 g/mol. The molecule has 0 spiro atoms. The van der Waals surface area contributed by atoms with Crippen molar-refractivity contribution in [3.63, 3.8) is 0 Å². The fourth-order valence-corrected chi connectivity index (χ4v) is 7.48. The van der Waals surface area contributed by atoms with E-state index in [4.69, 9.17) is 0 Å². The van der Waals surface area contributed by atoms with E-state index in [0.29, 0.717) is 49.2 Å². The zero-order valence-electron chi connectivity index (χ0n) is 23.9. The van der Waals surface area contributed by atoms with E-state index in [1.165, 1.54) is 34.6 Å². The summed E-state index contributed by atoms with van der Waals surface area (Å²) in [6, 6.07) is 19.3. The van der Waals surface area contributed by atoms with Crippen LogP contribution in [0.1, 0.15) is 35.0 Å². The van der Waals surface area contributed by atoms with Gasteiger partial charge in [0.1, 0.15) is 11.4 Å². The van der Waals surface area contributed by atoms with Crippen LogP contribution in [0, 0.1) is 5.92 Å². The fourth-order valence-electron chi connectivity index (χ4n) is 5.44. The van der Waals surface area contributed by atoms with Crippen molar-refractivity contribution in [1.29, 1.82) is 0 Å². The van der Waals surface area contributed by atoms with E-state index in [1.807, 2.05) is 24.3 Å². The Balaban J connectivity index is 1.17. The van der Waals surface area contributed by atoms with Crippen LogP contribution in [0.5, 0.6) is 5.75 Å². The molecule has 14 heteroatoms. The van der Waals surface area contributed by atoms with E-state index in [-0.39, 0.29) is 34.5 Å². The Kier molecular flexibility index (Phi) is 9.00. The number of anilines is 1. The number of rotatable bonds is 11. The highest BCUT2D eigenvalue weighted by molar-refractivity contribution is 7.92. The maximum atomic E-state index is 13.4. The minimum Gasteiger partial charge on any atom is -0.506 e. The van der Waals surface area contributed by atoms with Crippen molar-refractivity contribution in [2.24, 2.45) is 5.92 Å². The Morgan fingerprint density at radius 3 is 2.32 bits per heavy atom. The first-order valence-corrected chi connectivity index (χ1v) is 17.3. The topological polar surface area (TPSA) is 178 Å². The van der Waals surface area contributed by atoms with Crippen LogP contribution in [0.15, 0.2) is 77.7 Å². The molecule has 1 atom stereocenters. The van der Waals surface area contributed by atoms with Gasteiger partial charge in [-0.05, 0) is 79.4 Å². The van der Waals surface area contributed by atoms with E-state index in [1.54, 1.807) is 22.8 Å². The number of aromatic hydroxyl groups is 1. The second kappa shape index (κ2) is 12.6. The lowest BCUT2D eigenvalue weighted by Crippen LogP contribution is -2.41. The molecule has 1 aliphatic rings. The third kappa shape index (κ3) is 6.89. The monoisotopic (exact) mass is 642 g/mol. The molecule has 4 aromatic rings. The van der Waals surface area contributed by atoms with Gasteiger partial charge in [-0.25, -0.2) is 21.6 Å². The minimum absolute atomic E-state index is 0.0181. The number of aromatic carboxylic acids is 1. The van der Waals surface area contributed by atoms with Gasteiger partial charge in [0.2, 0.25) is 20.0 Å². The van der Waals surface area contributed by atoms with E-state index in [0.717, 1.165) is 11.6 Å². The van der Waals surface area contributed by atoms with E-state index >= 15 is 0 Å². The van der Waals surface area contributed by atoms with Crippen molar-refractivity contribution in [2.75, 3.05) is 37.2 Å². The van der Waals surface area contributed by atoms with E-state index < -0.39 is 32.1 Å². The predicted molar refractivity (Wildman–Crippen MR) is 166 cm³/mol. The van der Waals surface area contributed by atoms with E-state index in [9.17, 15) is 36.9 Å². The first-order valence-electron chi connectivity index (χ1n) is 14.0. The quantitative estimate of drug-likeness (QED) is 0.154. The number of nitrogens with zero attached hydrogens (tertiary/aromatic N) is 2. The highest BCUT2D eigenvalue weighted by atomic mass is 32.2. The van der Waals surface area contributed by atoms with Crippen LogP contribution in [0.25, 0.3) is 16.6 Å². The zero-order chi connectivity index (χ0) is 31.6. The number of carboxylic acids is 1. The van der Waals surface area contributed by atoms with Gasteiger partial charge in [0.05, 0.1) is 28.5 Å². The fraction of sp³-hybridized carbons (Fsp3) is 0.300. The lowest BCUT2D eigenvalue weighted by atomic mass is 9.98. The summed E-state index contributed by atoms with van der Waals surface area (Å²) < 4.78 is 55.1. The SMILES string of the molecule is CS(=O)(=O)Nc1cc([C@H](O)CNCC2CCN(S(=O)(=O)c3ccc(-n4c(C(=O)O)cc5ccccc54)cc3)CC2)ccc1O. The molecule has 0 saturated carbocycles. The number of hydrogen-bond acceptors (Lipinski definition) is 8. The Hall–Kier alpha value is -3.95. The molecule has 44 heavy (non-hydrogen) atoms. The Bertz CT molecular complexity index is 1880. The van der Waals surface area contributed by atoms with Gasteiger partial charge in [-0.3, -0.25) is 4.72 Å². The molecule has 5 rings (SSSR count). The Labute approximate surface area is 255 Å². The summed E-state index contributed by atoms with van der Waals surface area (Å²) in [7, 11) is -7.36. The number of phenols is 1. The van der Waals surface area contributed by atoms with Gasteiger partial charge in [-0.2, -0.15) is 4.31 Å². The number of fused-ring (bicyclic) bond motifs is 1. The van der Waals surface area contributed by atoms with Gasteiger partial charge in [0.15, 0.2) is 0 Å². The molecule has 3 aromatic carbocycles. The van der Waals surface area contributed by atoms with Crippen LogP contribution in [0.3, 0.4) is 0 Å². The van der Waals surface area contributed by atoms with Gasteiger partial charge in [-0.1, -0.05) is 24.3 Å². The number of carbonyl (C=O) groups is 1. The normalized spacial score (nSPS) is 15.8. The summed E-state index contributed by atoms with van der Waals surface area (Å²) in [4.78, 5) is 12.0. The van der Waals surface area contributed by atoms with Crippen molar-refractivity contribution in [3.8, 4) is 11.4 Å². The number of aliphatic hydroxyl groups is 1. The number of piperidine rings is 1. The zero-order valence-corrected chi connectivity index (χ0v) is 25.6. The highest BCUT2D eigenvalue weighted by Gasteiger charge is 2.29. The van der Waals surface area contributed by atoms with Crippen molar-refractivity contribution in [2.45, 2.75) is 23.8 Å². The molecular formula is C30H34N4O8S2. The molecule has 5 N–H and O–H groups in total. The number of sulfonamides is 2. The summed E-state index contributed by atoms with van der Waals surface area (Å²) in [6.45, 7) is 1.42. The standard InChI is InChI=1S/C30H34N4O8S2/c1-43(39,40)32-25-16-22(6-11-28(25)35)29(36)19-31-18-20-12-14-33(15-13-20)44(41,42)24-9-7-23(8-10-24)34-26-5-3-2-4-21(26)17-27(34)30(37)38/h2-11,16-17,20,29,31-32,35-36H,12-15,18-19H2,1H3,(H,37,38)/t29-/m1/s1. The molecular weight excluding hydrogens is 608 g/mol. The van der Waals surface area contributed by atoms with Crippen LogP contribution in [-0.2, 0) is 20.0 Å². The molecule has 1 aliphatic heterocycles. The van der Waals surface area contributed by atoms with Crippen LogP contribution in [-0.4, -0.2) is 79.4 Å². The predicted octanol–water partition coefficient (Wildman–Crippen LogP) is 3.13. The first-order chi connectivity index (χ1) is 20.8. The molecule has 0 amide bonds. The number of aliphatic hydroxyl groups excluding tert-OH is 1. The Morgan fingerprint density at radius 1 is 0.977 bits per heavy atom. The summed E-state index contributed by atoms with van der Waals surface area (Å²) in [5, 5.41) is 34.2. The smallest absolute Gasteiger partial charge is 0.352 e. The summed E-state index contributed by atoms with van der Waals surface area (Å²) in [5.41, 5.74) is 1.75. The van der Waals surface area contributed by atoms with Gasteiger partial charge in [0, 0.05) is 30.7 Å². The van der Waals surface area contributed by atoms with Gasteiger partial charge in [-0.15, -0.1) is 0 Å². The molecule has 1 saturated heterocycles. The maximum Gasteiger partial charge on any atom is 0.352 e. The molecule has 0 bridgehead atoms. The third-order valence-corrected chi connectivity index (χ3v) is 10.2. The average Bonchev–Trinajstić information content (AvgIpc) is 3.38. The third-order valence-electron chi connectivity index (χ3n) is 7.71. The van der Waals surface area contributed by atoms with E-state index in [2.05, 4.69) is 10.0 Å². The molecule has 0 unspecified atom stereocenters.